The smallest absolute Gasteiger partial charge is 0.270 e. The highest BCUT2D eigenvalue weighted by atomic mass is 19.1. The summed E-state index contributed by atoms with van der Waals surface area (Å²) >= 11 is 0. The molecule has 0 spiro atoms. The maximum atomic E-state index is 14.0. The van der Waals surface area contributed by atoms with E-state index in [0.29, 0.717) is 13.0 Å². The Labute approximate surface area is 121 Å². The number of aliphatic hydroxyl groups is 1. The van der Waals surface area contributed by atoms with Crippen LogP contribution in [0.5, 0.6) is 0 Å². The van der Waals surface area contributed by atoms with E-state index in [-0.39, 0.29) is 28.8 Å². The molecule has 0 unspecified atom stereocenters. The third-order valence-corrected chi connectivity index (χ3v) is 3.92. The molecule has 0 aromatic heterocycles. The van der Waals surface area contributed by atoms with Crippen molar-refractivity contribution in [2.45, 2.75) is 26.2 Å². The molecule has 0 aliphatic heterocycles. The van der Waals surface area contributed by atoms with Gasteiger partial charge in [-0.1, -0.05) is 0 Å². The van der Waals surface area contributed by atoms with Gasteiger partial charge in [-0.15, -0.1) is 0 Å². The first kappa shape index (κ1) is 15.4. The molecular formula is C14H17FN2O4. The molecule has 1 aromatic rings. The summed E-state index contributed by atoms with van der Waals surface area (Å²) in [6, 6.07) is 2.05. The van der Waals surface area contributed by atoms with E-state index in [2.05, 4.69) is 5.32 Å². The predicted molar refractivity (Wildman–Crippen MR) is 73.5 cm³/mol. The van der Waals surface area contributed by atoms with E-state index in [1.165, 1.54) is 6.92 Å². The lowest BCUT2D eigenvalue weighted by Gasteiger charge is -2.15. The molecule has 1 aromatic carbocycles. The highest BCUT2D eigenvalue weighted by molar-refractivity contribution is 5.95. The first-order chi connectivity index (χ1) is 9.88. The lowest BCUT2D eigenvalue weighted by atomic mass is 10.0. The number of benzene rings is 1. The summed E-state index contributed by atoms with van der Waals surface area (Å²) in [7, 11) is 0. The van der Waals surface area contributed by atoms with E-state index in [1.54, 1.807) is 0 Å². The Bertz CT molecular complexity index is 585. The van der Waals surface area contributed by atoms with Gasteiger partial charge in [-0.3, -0.25) is 14.9 Å². The molecule has 1 aliphatic carbocycles. The number of carbonyl (C=O) groups is 1. The fourth-order valence-corrected chi connectivity index (χ4v) is 2.31. The lowest BCUT2D eigenvalue weighted by Crippen LogP contribution is -2.31. The molecule has 6 nitrogen and oxygen atoms in total. The van der Waals surface area contributed by atoms with Crippen molar-refractivity contribution in [3.05, 3.63) is 39.2 Å². The van der Waals surface area contributed by atoms with Crippen molar-refractivity contribution >= 4 is 11.6 Å². The van der Waals surface area contributed by atoms with Crippen molar-refractivity contribution in [1.82, 2.24) is 5.32 Å². The van der Waals surface area contributed by atoms with E-state index in [4.69, 9.17) is 5.11 Å². The van der Waals surface area contributed by atoms with Gasteiger partial charge < -0.3 is 10.4 Å². The van der Waals surface area contributed by atoms with Gasteiger partial charge in [0, 0.05) is 25.3 Å². The van der Waals surface area contributed by atoms with E-state index >= 15 is 0 Å². The molecule has 2 rings (SSSR count). The zero-order chi connectivity index (χ0) is 15.6. The second-order valence-corrected chi connectivity index (χ2v) is 5.54. The summed E-state index contributed by atoms with van der Waals surface area (Å²) in [5.41, 5.74) is -0.667. The van der Waals surface area contributed by atoms with E-state index in [0.717, 1.165) is 25.0 Å². The number of hydrogen-bond acceptors (Lipinski definition) is 4. The van der Waals surface area contributed by atoms with E-state index in [1.807, 2.05) is 0 Å². The fourth-order valence-electron chi connectivity index (χ4n) is 2.31. The standard InChI is InChI=1S/C14H17FN2O4/c1-9-6-10(17(20)21)7-11(12(9)15)13(19)16-8-14(2-3-14)4-5-18/h6-7,18H,2-5,8H2,1H3,(H,16,19). The normalized spacial score (nSPS) is 15.6. The number of nitro benzene ring substituents is 1. The lowest BCUT2D eigenvalue weighted by molar-refractivity contribution is -0.385. The topological polar surface area (TPSA) is 92.5 Å². The average Bonchev–Trinajstić information content (AvgIpc) is 3.19. The van der Waals surface area contributed by atoms with Crippen LogP contribution in [0.25, 0.3) is 0 Å². The van der Waals surface area contributed by atoms with E-state index < -0.39 is 16.6 Å². The SMILES string of the molecule is Cc1cc([N+](=O)[O-])cc(C(=O)NCC2(CCO)CC2)c1F. The first-order valence-corrected chi connectivity index (χ1v) is 6.72. The Balaban J connectivity index is 2.13. The highest BCUT2D eigenvalue weighted by Crippen LogP contribution is 2.47. The van der Waals surface area contributed by atoms with Crippen LogP contribution in [0.15, 0.2) is 12.1 Å². The zero-order valence-corrected chi connectivity index (χ0v) is 11.7. The number of nitrogens with zero attached hydrogens (tertiary/aromatic N) is 1. The van der Waals surface area contributed by atoms with Crippen LogP contribution >= 0.6 is 0 Å². The van der Waals surface area contributed by atoms with E-state index in [9.17, 15) is 19.3 Å². The number of aliphatic hydroxyl groups excluding tert-OH is 1. The number of carbonyl (C=O) groups excluding carboxylic acids is 1. The van der Waals surface area contributed by atoms with Crippen molar-refractivity contribution in [2.75, 3.05) is 13.2 Å². The van der Waals surface area contributed by atoms with Gasteiger partial charge in [0.05, 0.1) is 10.5 Å². The fraction of sp³-hybridized carbons (Fsp3) is 0.500. The molecule has 1 aliphatic rings. The van der Waals surface area contributed by atoms with Crippen molar-refractivity contribution in [3.63, 3.8) is 0 Å². The Morgan fingerprint density at radius 3 is 2.71 bits per heavy atom. The van der Waals surface area contributed by atoms with Crippen LogP contribution in [0, 0.1) is 28.3 Å². The van der Waals surface area contributed by atoms with Crippen molar-refractivity contribution in [2.24, 2.45) is 5.41 Å². The molecule has 0 heterocycles. The Hall–Kier alpha value is -2.02. The average molecular weight is 296 g/mol. The van der Waals surface area contributed by atoms with Gasteiger partial charge in [0.1, 0.15) is 5.82 Å². The molecule has 7 heteroatoms. The summed E-state index contributed by atoms with van der Waals surface area (Å²) < 4.78 is 14.0. The van der Waals surface area contributed by atoms with Crippen LogP contribution in [0.1, 0.15) is 35.2 Å². The minimum absolute atomic E-state index is 0.0418. The van der Waals surface area contributed by atoms with Crippen LogP contribution in [-0.4, -0.2) is 29.1 Å². The van der Waals surface area contributed by atoms with Gasteiger partial charge in [-0.2, -0.15) is 0 Å². The van der Waals surface area contributed by atoms with Crippen LogP contribution in [0.2, 0.25) is 0 Å². The van der Waals surface area contributed by atoms with Gasteiger partial charge in [0.25, 0.3) is 11.6 Å². The minimum atomic E-state index is -0.745. The Kier molecular flexibility index (Phi) is 4.22. The quantitative estimate of drug-likeness (QED) is 0.619. The molecule has 2 N–H and O–H groups in total. The number of hydrogen-bond donors (Lipinski definition) is 2. The Morgan fingerprint density at radius 2 is 2.19 bits per heavy atom. The third-order valence-electron chi connectivity index (χ3n) is 3.92. The van der Waals surface area contributed by atoms with Crippen molar-refractivity contribution in [3.8, 4) is 0 Å². The number of nitro groups is 1. The van der Waals surface area contributed by atoms with Crippen molar-refractivity contribution in [1.29, 1.82) is 0 Å². The first-order valence-electron chi connectivity index (χ1n) is 6.72. The predicted octanol–water partition coefficient (Wildman–Crippen LogP) is 1.93. The summed E-state index contributed by atoms with van der Waals surface area (Å²) in [4.78, 5) is 22.2. The van der Waals surface area contributed by atoms with Crippen LogP contribution in [-0.2, 0) is 0 Å². The van der Waals surface area contributed by atoms with Crippen LogP contribution in [0.4, 0.5) is 10.1 Å². The molecule has 21 heavy (non-hydrogen) atoms. The highest BCUT2D eigenvalue weighted by Gasteiger charge is 2.42. The molecule has 1 saturated carbocycles. The van der Waals surface area contributed by atoms with Gasteiger partial charge in [0.15, 0.2) is 0 Å². The molecule has 114 valence electrons. The van der Waals surface area contributed by atoms with Gasteiger partial charge in [0.2, 0.25) is 0 Å². The van der Waals surface area contributed by atoms with Crippen molar-refractivity contribution < 1.29 is 19.2 Å². The number of aryl methyl sites for hydroxylation is 1. The van der Waals surface area contributed by atoms with Gasteiger partial charge >= 0.3 is 0 Å². The van der Waals surface area contributed by atoms with Crippen LogP contribution in [0.3, 0.4) is 0 Å². The third kappa shape index (κ3) is 3.36. The molecular weight excluding hydrogens is 279 g/mol. The monoisotopic (exact) mass is 296 g/mol. The zero-order valence-electron chi connectivity index (χ0n) is 11.7. The van der Waals surface area contributed by atoms with Crippen LogP contribution < -0.4 is 5.32 Å². The van der Waals surface area contributed by atoms with Gasteiger partial charge in [-0.05, 0) is 37.2 Å². The molecule has 1 amide bonds. The second kappa shape index (κ2) is 5.77. The minimum Gasteiger partial charge on any atom is -0.396 e. The summed E-state index contributed by atoms with van der Waals surface area (Å²) in [6.07, 6.45) is 2.40. The number of nitrogens with one attached hydrogen (secondary N) is 1. The summed E-state index contributed by atoms with van der Waals surface area (Å²) in [5.74, 6) is -1.41. The second-order valence-electron chi connectivity index (χ2n) is 5.54. The molecule has 0 radical (unpaired) electrons. The summed E-state index contributed by atoms with van der Waals surface area (Å²) in [6.45, 7) is 1.76. The molecule has 0 atom stereocenters. The Morgan fingerprint density at radius 1 is 1.52 bits per heavy atom. The van der Waals surface area contributed by atoms with Gasteiger partial charge in [-0.25, -0.2) is 4.39 Å². The number of rotatable bonds is 6. The largest absolute Gasteiger partial charge is 0.396 e. The number of non-ortho nitro benzene ring substituents is 1. The molecule has 1 fully saturated rings. The molecule has 0 saturated heterocycles. The number of halogens is 1. The molecule has 0 bridgehead atoms. The number of amides is 1. The maximum Gasteiger partial charge on any atom is 0.270 e. The summed E-state index contributed by atoms with van der Waals surface area (Å²) in [5, 5.41) is 22.3. The maximum absolute atomic E-state index is 14.0.